The molecule has 2 aromatic rings. The Morgan fingerprint density at radius 2 is 1.89 bits per heavy atom. The van der Waals surface area contributed by atoms with Crippen LogP contribution >= 0.6 is 15.9 Å². The lowest BCUT2D eigenvalue weighted by atomic mass is 9.88. The van der Waals surface area contributed by atoms with Crippen LogP contribution in [0.4, 0.5) is 10.1 Å². The minimum absolute atomic E-state index is 0.193. The Balaban J connectivity index is 1.77. The zero-order valence-corrected chi connectivity index (χ0v) is 12.1. The maximum absolute atomic E-state index is 13.7. The van der Waals surface area contributed by atoms with Crippen LogP contribution in [0.2, 0.25) is 0 Å². The van der Waals surface area contributed by atoms with Gasteiger partial charge in [0.1, 0.15) is 5.82 Å². The summed E-state index contributed by atoms with van der Waals surface area (Å²) in [5, 5.41) is 3.33. The second-order valence-electron chi connectivity index (χ2n) is 4.98. The van der Waals surface area contributed by atoms with E-state index in [0.29, 0.717) is 11.7 Å². The highest BCUT2D eigenvalue weighted by Gasteiger charge is 2.18. The Labute approximate surface area is 121 Å². The molecule has 0 amide bonds. The molecule has 0 spiro atoms. The van der Waals surface area contributed by atoms with E-state index in [-0.39, 0.29) is 5.82 Å². The van der Waals surface area contributed by atoms with Crippen molar-refractivity contribution in [3.8, 4) is 0 Å². The van der Waals surface area contributed by atoms with Crippen LogP contribution in [0.15, 0.2) is 46.9 Å². The van der Waals surface area contributed by atoms with Gasteiger partial charge in [0.25, 0.3) is 0 Å². The van der Waals surface area contributed by atoms with E-state index in [1.807, 2.05) is 0 Å². The lowest BCUT2D eigenvalue weighted by Crippen LogP contribution is -2.27. The number of halogens is 2. The maximum atomic E-state index is 13.7. The van der Waals surface area contributed by atoms with Crippen molar-refractivity contribution in [2.24, 2.45) is 0 Å². The van der Waals surface area contributed by atoms with E-state index < -0.39 is 0 Å². The number of nitrogens with one attached hydrogen (secondary N) is 1. The second kappa shape index (κ2) is 5.33. The molecular weight excluding hydrogens is 305 g/mol. The third-order valence-corrected chi connectivity index (χ3v) is 4.13. The molecule has 3 rings (SSSR count). The van der Waals surface area contributed by atoms with Crippen molar-refractivity contribution in [3.63, 3.8) is 0 Å². The summed E-state index contributed by atoms with van der Waals surface area (Å²) in [6.45, 7) is 0. The number of aryl methyl sites for hydroxylation is 1. The minimum Gasteiger partial charge on any atom is -0.380 e. The van der Waals surface area contributed by atoms with E-state index in [4.69, 9.17) is 0 Å². The molecule has 0 saturated heterocycles. The van der Waals surface area contributed by atoms with Crippen molar-refractivity contribution in [1.82, 2.24) is 0 Å². The highest BCUT2D eigenvalue weighted by atomic mass is 79.9. The lowest BCUT2D eigenvalue weighted by molar-refractivity contribution is 0.592. The number of hydrogen-bond donors (Lipinski definition) is 1. The molecule has 1 aliphatic rings. The largest absolute Gasteiger partial charge is 0.380 e. The summed E-state index contributed by atoms with van der Waals surface area (Å²) in [5.41, 5.74) is 3.38. The highest BCUT2D eigenvalue weighted by Crippen LogP contribution is 2.26. The standard InChI is InChI=1S/C16H15BrFN/c17-13-6-8-15(18)16(10-13)19-14-7-5-11-3-1-2-4-12(11)9-14/h1-4,6,8,10,14,19H,5,7,9H2. The molecule has 19 heavy (non-hydrogen) atoms. The van der Waals surface area contributed by atoms with Crippen LogP contribution in [0.25, 0.3) is 0 Å². The maximum Gasteiger partial charge on any atom is 0.146 e. The molecule has 0 saturated carbocycles. The van der Waals surface area contributed by atoms with Gasteiger partial charge in [-0.15, -0.1) is 0 Å². The molecular formula is C16H15BrFN. The monoisotopic (exact) mass is 319 g/mol. The van der Waals surface area contributed by atoms with Crippen LogP contribution in [0.5, 0.6) is 0 Å². The first-order valence-corrected chi connectivity index (χ1v) is 7.30. The van der Waals surface area contributed by atoms with Crippen LogP contribution in [0.3, 0.4) is 0 Å². The van der Waals surface area contributed by atoms with Crippen molar-refractivity contribution < 1.29 is 4.39 Å². The van der Waals surface area contributed by atoms with Crippen LogP contribution in [0, 0.1) is 5.82 Å². The van der Waals surface area contributed by atoms with Crippen molar-refractivity contribution in [3.05, 3.63) is 63.9 Å². The van der Waals surface area contributed by atoms with Gasteiger partial charge in [-0.25, -0.2) is 4.39 Å². The van der Waals surface area contributed by atoms with Crippen molar-refractivity contribution in [2.75, 3.05) is 5.32 Å². The van der Waals surface area contributed by atoms with Gasteiger partial charge in [-0.1, -0.05) is 40.2 Å². The number of hydrogen-bond acceptors (Lipinski definition) is 1. The summed E-state index contributed by atoms with van der Waals surface area (Å²) >= 11 is 3.38. The quantitative estimate of drug-likeness (QED) is 0.855. The molecule has 3 heteroatoms. The van der Waals surface area contributed by atoms with E-state index in [0.717, 1.165) is 23.7 Å². The number of fused-ring (bicyclic) bond motifs is 1. The van der Waals surface area contributed by atoms with Crippen LogP contribution in [-0.2, 0) is 12.8 Å². The number of anilines is 1. The number of benzene rings is 2. The van der Waals surface area contributed by atoms with Gasteiger partial charge in [-0.05, 0) is 48.6 Å². The van der Waals surface area contributed by atoms with E-state index in [1.54, 1.807) is 12.1 Å². The molecule has 0 heterocycles. The Bertz CT molecular complexity index is 597. The van der Waals surface area contributed by atoms with Crippen molar-refractivity contribution in [1.29, 1.82) is 0 Å². The molecule has 98 valence electrons. The molecule has 0 radical (unpaired) electrons. The first kappa shape index (κ1) is 12.7. The van der Waals surface area contributed by atoms with Gasteiger partial charge >= 0.3 is 0 Å². The van der Waals surface area contributed by atoms with Crippen molar-refractivity contribution >= 4 is 21.6 Å². The van der Waals surface area contributed by atoms with Gasteiger partial charge < -0.3 is 5.32 Å². The zero-order chi connectivity index (χ0) is 13.2. The fraction of sp³-hybridized carbons (Fsp3) is 0.250. The summed E-state index contributed by atoms with van der Waals surface area (Å²) < 4.78 is 14.6. The van der Waals surface area contributed by atoms with Gasteiger partial charge in [0.15, 0.2) is 0 Å². The first-order valence-electron chi connectivity index (χ1n) is 6.51. The van der Waals surface area contributed by atoms with E-state index in [9.17, 15) is 4.39 Å². The average molecular weight is 320 g/mol. The summed E-state index contributed by atoms with van der Waals surface area (Å²) in [7, 11) is 0. The summed E-state index contributed by atoms with van der Waals surface area (Å²) in [6, 6.07) is 13.8. The normalized spacial score (nSPS) is 17.9. The third kappa shape index (κ3) is 2.81. The Morgan fingerprint density at radius 1 is 1.11 bits per heavy atom. The minimum atomic E-state index is -0.193. The average Bonchev–Trinajstić information content (AvgIpc) is 2.43. The van der Waals surface area contributed by atoms with E-state index >= 15 is 0 Å². The summed E-state index contributed by atoms with van der Waals surface area (Å²) in [4.78, 5) is 0. The summed E-state index contributed by atoms with van der Waals surface area (Å²) in [5.74, 6) is -0.193. The van der Waals surface area contributed by atoms with Crippen LogP contribution in [-0.4, -0.2) is 6.04 Å². The van der Waals surface area contributed by atoms with Gasteiger partial charge in [0.2, 0.25) is 0 Å². The van der Waals surface area contributed by atoms with Crippen LogP contribution in [0.1, 0.15) is 17.5 Å². The smallest absolute Gasteiger partial charge is 0.146 e. The Morgan fingerprint density at radius 3 is 2.74 bits per heavy atom. The van der Waals surface area contributed by atoms with E-state index in [1.165, 1.54) is 17.2 Å². The fourth-order valence-electron chi connectivity index (χ4n) is 2.65. The predicted octanol–water partition coefficient (Wildman–Crippen LogP) is 4.56. The zero-order valence-electron chi connectivity index (χ0n) is 10.5. The predicted molar refractivity (Wildman–Crippen MR) is 80.0 cm³/mol. The van der Waals surface area contributed by atoms with Gasteiger partial charge in [0, 0.05) is 10.5 Å². The highest BCUT2D eigenvalue weighted by molar-refractivity contribution is 9.10. The van der Waals surface area contributed by atoms with Crippen molar-refractivity contribution in [2.45, 2.75) is 25.3 Å². The molecule has 0 aliphatic heterocycles. The van der Waals surface area contributed by atoms with E-state index in [2.05, 4.69) is 45.5 Å². The molecule has 2 aromatic carbocycles. The van der Waals surface area contributed by atoms with Gasteiger partial charge in [-0.2, -0.15) is 0 Å². The molecule has 1 atom stereocenters. The molecule has 1 nitrogen and oxygen atoms in total. The molecule has 0 aromatic heterocycles. The van der Waals surface area contributed by atoms with Crippen LogP contribution < -0.4 is 5.32 Å². The first-order chi connectivity index (χ1) is 9.22. The second-order valence-corrected chi connectivity index (χ2v) is 5.89. The number of rotatable bonds is 2. The van der Waals surface area contributed by atoms with Gasteiger partial charge in [-0.3, -0.25) is 0 Å². The fourth-order valence-corrected chi connectivity index (χ4v) is 3.01. The molecule has 1 aliphatic carbocycles. The topological polar surface area (TPSA) is 12.0 Å². The lowest BCUT2D eigenvalue weighted by Gasteiger charge is -2.26. The SMILES string of the molecule is Fc1ccc(Br)cc1NC1CCc2ccccc2C1. The third-order valence-electron chi connectivity index (χ3n) is 3.63. The summed E-state index contributed by atoms with van der Waals surface area (Å²) in [6.07, 6.45) is 3.06. The van der Waals surface area contributed by atoms with Gasteiger partial charge in [0.05, 0.1) is 5.69 Å². The Kier molecular flexibility index (Phi) is 3.56. The molecule has 0 fully saturated rings. The molecule has 1 N–H and O–H groups in total. The Hall–Kier alpha value is -1.35. The molecule has 1 unspecified atom stereocenters. The molecule has 0 bridgehead atoms.